The maximum absolute atomic E-state index is 12.6. The topological polar surface area (TPSA) is 86.7 Å². The van der Waals surface area contributed by atoms with Crippen molar-refractivity contribution in [2.75, 3.05) is 13.2 Å². The van der Waals surface area contributed by atoms with Gasteiger partial charge in [-0.15, -0.1) is 0 Å². The smallest absolute Gasteiger partial charge is 0.266 e. The van der Waals surface area contributed by atoms with Crippen LogP contribution in [0, 0.1) is 37.5 Å². The quantitative estimate of drug-likeness (QED) is 0.437. The summed E-state index contributed by atoms with van der Waals surface area (Å²) in [5, 5.41) is 0. The summed E-state index contributed by atoms with van der Waals surface area (Å²) in [5.74, 6) is 0.0784. The fraction of sp³-hybridized carbons (Fsp3) is 0.391. The van der Waals surface area contributed by atoms with Crippen LogP contribution in [-0.2, 0) is 28.6 Å². The van der Waals surface area contributed by atoms with Crippen molar-refractivity contribution >= 4 is 20.2 Å². The lowest BCUT2D eigenvalue weighted by Crippen LogP contribution is -2.30. The van der Waals surface area contributed by atoms with Crippen LogP contribution in [0.15, 0.2) is 70.5 Å². The first-order valence-electron chi connectivity index (χ1n) is 10.3. The van der Waals surface area contributed by atoms with E-state index < -0.39 is 20.2 Å². The minimum atomic E-state index is -3.88. The molecule has 8 heteroatoms. The number of allylic oxidation sites excluding steroid dienone is 2. The monoisotopic (exact) mass is 462 g/mol. The standard InChI is InChI=1S/C23H26O6S2/c1-16-3-9-20(10-4-16)30(24,25)28-14-22-18-7-8-19(13-18)23(22)15-29-31(26,27)21-11-5-17(2)6-12-21/h3-12,18-19,22-23H,13-15H2,1-2H3/t18-,19-,22-,23+/m0/s1. The Morgan fingerprint density at radius 3 is 1.39 bits per heavy atom. The number of rotatable bonds is 8. The van der Waals surface area contributed by atoms with E-state index in [1.807, 2.05) is 13.8 Å². The van der Waals surface area contributed by atoms with E-state index in [9.17, 15) is 16.8 Å². The average Bonchev–Trinajstić information content (AvgIpc) is 3.33. The zero-order valence-electron chi connectivity index (χ0n) is 17.5. The molecule has 31 heavy (non-hydrogen) atoms. The van der Waals surface area contributed by atoms with E-state index in [-0.39, 0.29) is 46.7 Å². The molecular weight excluding hydrogens is 436 g/mol. The highest BCUT2D eigenvalue weighted by Gasteiger charge is 2.45. The number of aryl methyl sites for hydroxylation is 2. The largest absolute Gasteiger partial charge is 0.296 e. The highest BCUT2D eigenvalue weighted by Crippen LogP contribution is 2.48. The molecule has 0 unspecified atom stereocenters. The van der Waals surface area contributed by atoms with Crippen LogP contribution >= 0.6 is 0 Å². The Morgan fingerprint density at radius 1 is 0.677 bits per heavy atom. The van der Waals surface area contributed by atoms with Crippen LogP contribution in [0.1, 0.15) is 17.5 Å². The first kappa shape index (κ1) is 22.2. The summed E-state index contributed by atoms with van der Waals surface area (Å²) in [6, 6.07) is 13.0. The third-order valence-electron chi connectivity index (χ3n) is 6.25. The molecule has 0 saturated heterocycles. The second-order valence-corrected chi connectivity index (χ2v) is 11.6. The number of benzene rings is 2. The second-order valence-electron chi connectivity index (χ2n) is 8.38. The van der Waals surface area contributed by atoms with Crippen LogP contribution in [0.4, 0.5) is 0 Å². The predicted molar refractivity (Wildman–Crippen MR) is 116 cm³/mol. The molecule has 2 aliphatic rings. The highest BCUT2D eigenvalue weighted by atomic mass is 32.2. The van der Waals surface area contributed by atoms with Gasteiger partial charge >= 0.3 is 0 Å². The molecule has 2 aliphatic carbocycles. The first-order valence-corrected chi connectivity index (χ1v) is 13.1. The molecule has 4 atom stereocenters. The molecule has 2 aromatic rings. The van der Waals surface area contributed by atoms with Gasteiger partial charge in [-0.25, -0.2) is 0 Å². The van der Waals surface area contributed by atoms with E-state index in [0.29, 0.717) is 0 Å². The Bertz CT molecular complexity index is 1070. The zero-order chi connectivity index (χ0) is 22.2. The van der Waals surface area contributed by atoms with Gasteiger partial charge in [0.1, 0.15) is 0 Å². The van der Waals surface area contributed by atoms with Gasteiger partial charge in [0.2, 0.25) is 0 Å². The van der Waals surface area contributed by atoms with Crippen LogP contribution in [-0.4, -0.2) is 30.0 Å². The molecule has 1 saturated carbocycles. The van der Waals surface area contributed by atoms with E-state index in [4.69, 9.17) is 8.37 Å². The van der Waals surface area contributed by atoms with Crippen molar-refractivity contribution < 1.29 is 25.2 Å². The molecule has 6 nitrogen and oxygen atoms in total. The molecule has 0 spiro atoms. The SMILES string of the molecule is Cc1ccc(S(=O)(=O)OC[C@@H]2[C@H](COS(=O)(=O)c3ccc(C)cc3)[C@H]3C=C[C@H]2C3)cc1. The predicted octanol–water partition coefficient (Wildman–Crippen LogP) is 3.85. The summed E-state index contributed by atoms with van der Waals surface area (Å²) in [6.07, 6.45) is 5.00. The summed E-state index contributed by atoms with van der Waals surface area (Å²) >= 11 is 0. The summed E-state index contributed by atoms with van der Waals surface area (Å²) in [7, 11) is -7.76. The Hall–Kier alpha value is -2.00. The van der Waals surface area contributed by atoms with Gasteiger partial charge in [0.25, 0.3) is 20.2 Å². The third-order valence-corrected chi connectivity index (χ3v) is 8.84. The Kier molecular flexibility index (Phi) is 6.09. The van der Waals surface area contributed by atoms with Gasteiger partial charge in [-0.3, -0.25) is 8.37 Å². The number of fused-ring (bicyclic) bond motifs is 2. The van der Waals surface area contributed by atoms with Gasteiger partial charge in [0.15, 0.2) is 0 Å². The molecule has 0 radical (unpaired) electrons. The normalized spacial score (nSPS) is 25.2. The van der Waals surface area contributed by atoms with E-state index in [1.54, 1.807) is 24.3 Å². The van der Waals surface area contributed by atoms with E-state index in [2.05, 4.69) is 12.2 Å². The van der Waals surface area contributed by atoms with Crippen molar-refractivity contribution in [3.63, 3.8) is 0 Å². The van der Waals surface area contributed by atoms with Gasteiger partial charge in [0.05, 0.1) is 23.0 Å². The molecular formula is C23H26O6S2. The van der Waals surface area contributed by atoms with Crippen LogP contribution in [0.5, 0.6) is 0 Å². The lowest BCUT2D eigenvalue weighted by molar-refractivity contribution is 0.138. The van der Waals surface area contributed by atoms with Crippen molar-refractivity contribution in [1.29, 1.82) is 0 Å². The molecule has 2 bridgehead atoms. The van der Waals surface area contributed by atoms with Gasteiger partial charge in [-0.1, -0.05) is 47.5 Å². The minimum absolute atomic E-state index is 0.000320. The van der Waals surface area contributed by atoms with E-state index >= 15 is 0 Å². The number of hydrogen-bond donors (Lipinski definition) is 0. The van der Waals surface area contributed by atoms with Crippen LogP contribution in [0.2, 0.25) is 0 Å². The summed E-state index contributed by atoms with van der Waals surface area (Å²) in [5.41, 5.74) is 1.92. The minimum Gasteiger partial charge on any atom is -0.266 e. The van der Waals surface area contributed by atoms with Crippen LogP contribution in [0.3, 0.4) is 0 Å². The second kappa shape index (κ2) is 8.50. The lowest BCUT2D eigenvalue weighted by atomic mass is 9.84. The van der Waals surface area contributed by atoms with Gasteiger partial charge in [0, 0.05) is 0 Å². The van der Waals surface area contributed by atoms with Crippen molar-refractivity contribution in [2.45, 2.75) is 30.1 Å². The Morgan fingerprint density at radius 2 is 1.03 bits per heavy atom. The molecule has 0 aromatic heterocycles. The maximum Gasteiger partial charge on any atom is 0.296 e. The Balaban J connectivity index is 1.43. The van der Waals surface area contributed by atoms with Crippen molar-refractivity contribution in [2.24, 2.45) is 23.7 Å². The third kappa shape index (κ3) is 4.77. The van der Waals surface area contributed by atoms with Crippen LogP contribution < -0.4 is 0 Å². The summed E-state index contributed by atoms with van der Waals surface area (Å²) < 4.78 is 61.1. The molecule has 0 amide bonds. The van der Waals surface area contributed by atoms with Crippen molar-refractivity contribution in [1.82, 2.24) is 0 Å². The fourth-order valence-corrected chi connectivity index (χ4v) is 6.29. The molecule has 166 valence electrons. The summed E-state index contributed by atoms with van der Waals surface area (Å²) in [4.78, 5) is 0.234. The average molecular weight is 463 g/mol. The fourth-order valence-electron chi connectivity index (χ4n) is 4.40. The lowest BCUT2D eigenvalue weighted by Gasteiger charge is -2.27. The molecule has 1 fully saturated rings. The van der Waals surface area contributed by atoms with Crippen molar-refractivity contribution in [3.05, 3.63) is 71.8 Å². The molecule has 0 heterocycles. The zero-order valence-corrected chi connectivity index (χ0v) is 19.1. The maximum atomic E-state index is 12.6. The van der Waals surface area contributed by atoms with Crippen molar-refractivity contribution in [3.8, 4) is 0 Å². The molecule has 2 aromatic carbocycles. The summed E-state index contributed by atoms with van der Waals surface area (Å²) in [6.45, 7) is 3.77. The molecule has 0 N–H and O–H groups in total. The molecule has 4 rings (SSSR count). The van der Waals surface area contributed by atoms with Gasteiger partial charge < -0.3 is 0 Å². The van der Waals surface area contributed by atoms with Gasteiger partial charge in [-0.05, 0) is 68.2 Å². The van der Waals surface area contributed by atoms with Gasteiger partial charge in [-0.2, -0.15) is 16.8 Å². The van der Waals surface area contributed by atoms with Crippen LogP contribution in [0.25, 0.3) is 0 Å². The molecule has 0 aliphatic heterocycles. The first-order chi connectivity index (χ1) is 14.7. The number of hydrogen-bond acceptors (Lipinski definition) is 6. The highest BCUT2D eigenvalue weighted by molar-refractivity contribution is 7.87. The van der Waals surface area contributed by atoms with E-state index in [1.165, 1.54) is 24.3 Å². The Labute approximate surface area is 184 Å². The van der Waals surface area contributed by atoms with E-state index in [0.717, 1.165) is 17.5 Å².